The largest absolute Gasteiger partial charge is 0.489 e. The van der Waals surface area contributed by atoms with E-state index in [1.165, 1.54) is 0 Å². The van der Waals surface area contributed by atoms with Crippen LogP contribution >= 0.6 is 0 Å². The number of carbonyl (C=O) groups is 1. The Morgan fingerprint density at radius 3 is 2.81 bits per heavy atom. The van der Waals surface area contributed by atoms with Crippen molar-refractivity contribution >= 4 is 17.4 Å². The van der Waals surface area contributed by atoms with Crippen LogP contribution in [-0.4, -0.2) is 23.7 Å². The van der Waals surface area contributed by atoms with E-state index >= 15 is 0 Å². The third-order valence-electron chi connectivity index (χ3n) is 2.58. The molecule has 1 amide bonds. The van der Waals surface area contributed by atoms with Gasteiger partial charge in [0, 0.05) is 6.07 Å². The maximum Gasteiger partial charge on any atom is 0.244 e. The van der Waals surface area contributed by atoms with Crippen LogP contribution in [0.2, 0.25) is 0 Å². The summed E-state index contributed by atoms with van der Waals surface area (Å²) in [5.41, 5.74) is 0.776. The number of aromatic nitrogens is 1. The smallest absolute Gasteiger partial charge is 0.244 e. The van der Waals surface area contributed by atoms with Crippen molar-refractivity contribution in [3.8, 4) is 5.75 Å². The van der Waals surface area contributed by atoms with Crippen LogP contribution in [0, 0.1) is 6.92 Å². The van der Waals surface area contributed by atoms with Crippen LogP contribution in [0.25, 0.3) is 0 Å². The average molecular weight is 289 g/mol. The monoisotopic (exact) mass is 289 g/mol. The second kappa shape index (κ2) is 6.78. The second-order valence-corrected chi connectivity index (χ2v) is 4.89. The second-order valence-electron chi connectivity index (χ2n) is 4.89. The average Bonchev–Trinajstić information content (AvgIpc) is 2.82. The Bertz CT molecular complexity index is 608. The molecule has 1 aromatic heterocycles. The summed E-state index contributed by atoms with van der Waals surface area (Å²) < 4.78 is 10.6. The molecule has 0 radical (unpaired) electrons. The van der Waals surface area contributed by atoms with E-state index in [0.29, 0.717) is 11.6 Å². The Hall–Kier alpha value is -2.50. The molecular formula is C15H19N3O3. The molecule has 1 aromatic carbocycles. The van der Waals surface area contributed by atoms with Crippen LogP contribution in [0.5, 0.6) is 5.75 Å². The predicted octanol–water partition coefficient (Wildman–Crippen LogP) is 2.82. The van der Waals surface area contributed by atoms with Crippen molar-refractivity contribution in [2.75, 3.05) is 17.2 Å². The zero-order valence-electron chi connectivity index (χ0n) is 12.3. The van der Waals surface area contributed by atoms with Gasteiger partial charge in [-0.3, -0.25) is 4.79 Å². The van der Waals surface area contributed by atoms with Gasteiger partial charge < -0.3 is 19.9 Å². The van der Waals surface area contributed by atoms with Gasteiger partial charge in [0.2, 0.25) is 5.91 Å². The summed E-state index contributed by atoms with van der Waals surface area (Å²) in [5, 5.41) is 9.40. The number of para-hydroxylation sites is 2. The minimum atomic E-state index is -0.206. The number of hydrogen-bond donors (Lipinski definition) is 2. The molecule has 0 fully saturated rings. The topological polar surface area (TPSA) is 76.4 Å². The molecule has 0 atom stereocenters. The molecule has 0 saturated carbocycles. The molecule has 2 N–H and O–H groups in total. The third kappa shape index (κ3) is 4.52. The van der Waals surface area contributed by atoms with Crippen molar-refractivity contribution in [2.24, 2.45) is 0 Å². The zero-order chi connectivity index (χ0) is 15.2. The van der Waals surface area contributed by atoms with Crippen molar-refractivity contribution < 1.29 is 14.1 Å². The van der Waals surface area contributed by atoms with E-state index in [1.807, 2.05) is 38.1 Å². The number of benzene rings is 1. The van der Waals surface area contributed by atoms with Gasteiger partial charge in [-0.05, 0) is 32.9 Å². The van der Waals surface area contributed by atoms with Crippen LogP contribution in [0.4, 0.5) is 11.5 Å². The van der Waals surface area contributed by atoms with E-state index in [0.717, 1.165) is 11.4 Å². The summed E-state index contributed by atoms with van der Waals surface area (Å²) in [5.74, 6) is 1.57. The van der Waals surface area contributed by atoms with Gasteiger partial charge in [0.15, 0.2) is 5.82 Å². The lowest BCUT2D eigenvalue weighted by atomic mass is 10.3. The molecule has 2 aromatic rings. The first-order valence-electron chi connectivity index (χ1n) is 6.77. The van der Waals surface area contributed by atoms with Crippen molar-refractivity contribution in [1.82, 2.24) is 5.16 Å². The first-order valence-corrected chi connectivity index (χ1v) is 6.77. The molecule has 6 nitrogen and oxygen atoms in total. The van der Waals surface area contributed by atoms with Crippen LogP contribution in [0.3, 0.4) is 0 Å². The summed E-state index contributed by atoms with van der Waals surface area (Å²) in [6.45, 7) is 5.79. The standard InChI is InChI=1S/C15H19N3O3/c1-10(2)20-13-7-5-4-6-12(13)16-9-15(19)17-14-8-11(3)21-18-14/h4-8,10,16H,9H2,1-3H3,(H,17,18,19). The number of anilines is 2. The molecular weight excluding hydrogens is 270 g/mol. The van der Waals surface area contributed by atoms with Gasteiger partial charge in [-0.25, -0.2) is 0 Å². The maximum atomic E-state index is 11.8. The minimum absolute atomic E-state index is 0.0693. The Morgan fingerprint density at radius 1 is 1.38 bits per heavy atom. The fourth-order valence-electron chi connectivity index (χ4n) is 1.76. The first-order chi connectivity index (χ1) is 10.0. The highest BCUT2D eigenvalue weighted by molar-refractivity contribution is 5.93. The number of nitrogens with one attached hydrogen (secondary N) is 2. The van der Waals surface area contributed by atoms with Crippen LogP contribution in [0.15, 0.2) is 34.9 Å². The molecule has 0 saturated heterocycles. The number of carbonyl (C=O) groups excluding carboxylic acids is 1. The van der Waals surface area contributed by atoms with Gasteiger partial charge in [-0.2, -0.15) is 0 Å². The molecule has 21 heavy (non-hydrogen) atoms. The Labute approximate surface area is 123 Å². The van der Waals surface area contributed by atoms with E-state index in [2.05, 4.69) is 15.8 Å². The van der Waals surface area contributed by atoms with Crippen LogP contribution in [0.1, 0.15) is 19.6 Å². The van der Waals surface area contributed by atoms with Crippen molar-refractivity contribution in [2.45, 2.75) is 26.9 Å². The number of aryl methyl sites for hydroxylation is 1. The number of rotatable bonds is 6. The summed E-state index contributed by atoms with van der Waals surface area (Å²) in [6, 6.07) is 9.16. The van der Waals surface area contributed by atoms with E-state index in [-0.39, 0.29) is 18.6 Å². The van der Waals surface area contributed by atoms with E-state index in [1.54, 1.807) is 13.0 Å². The maximum absolute atomic E-state index is 11.8. The number of amides is 1. The molecule has 0 aliphatic carbocycles. The number of nitrogens with zero attached hydrogens (tertiary/aromatic N) is 1. The highest BCUT2D eigenvalue weighted by Crippen LogP contribution is 2.24. The molecule has 0 aliphatic rings. The van der Waals surface area contributed by atoms with E-state index in [9.17, 15) is 4.79 Å². The molecule has 1 heterocycles. The predicted molar refractivity (Wildman–Crippen MR) is 80.6 cm³/mol. The van der Waals surface area contributed by atoms with E-state index < -0.39 is 0 Å². The summed E-state index contributed by atoms with van der Waals surface area (Å²) in [6.07, 6.45) is 0.0693. The van der Waals surface area contributed by atoms with Gasteiger partial charge in [0.05, 0.1) is 18.3 Å². The fraction of sp³-hybridized carbons (Fsp3) is 0.333. The van der Waals surface area contributed by atoms with Crippen molar-refractivity contribution in [3.63, 3.8) is 0 Å². The lowest BCUT2D eigenvalue weighted by molar-refractivity contribution is -0.114. The van der Waals surface area contributed by atoms with Crippen LogP contribution < -0.4 is 15.4 Å². The molecule has 0 spiro atoms. The summed E-state index contributed by atoms with van der Waals surface area (Å²) in [4.78, 5) is 11.8. The molecule has 6 heteroatoms. The van der Waals surface area contributed by atoms with E-state index in [4.69, 9.17) is 9.26 Å². The molecule has 0 bridgehead atoms. The Kier molecular flexibility index (Phi) is 4.81. The number of hydrogen-bond acceptors (Lipinski definition) is 5. The fourth-order valence-corrected chi connectivity index (χ4v) is 1.76. The zero-order valence-corrected chi connectivity index (χ0v) is 12.3. The highest BCUT2D eigenvalue weighted by Gasteiger charge is 2.08. The van der Waals surface area contributed by atoms with Gasteiger partial charge in [-0.15, -0.1) is 0 Å². The van der Waals surface area contributed by atoms with Crippen molar-refractivity contribution in [3.05, 3.63) is 36.1 Å². The Balaban J connectivity index is 1.92. The third-order valence-corrected chi connectivity index (χ3v) is 2.58. The SMILES string of the molecule is Cc1cc(NC(=O)CNc2ccccc2OC(C)C)no1. The van der Waals surface area contributed by atoms with Gasteiger partial charge in [0.1, 0.15) is 11.5 Å². The van der Waals surface area contributed by atoms with Gasteiger partial charge in [-0.1, -0.05) is 17.3 Å². The number of ether oxygens (including phenoxy) is 1. The lowest BCUT2D eigenvalue weighted by Crippen LogP contribution is -2.22. The normalized spacial score (nSPS) is 10.5. The highest BCUT2D eigenvalue weighted by atomic mass is 16.5. The summed E-state index contributed by atoms with van der Waals surface area (Å²) in [7, 11) is 0. The van der Waals surface area contributed by atoms with Crippen LogP contribution in [-0.2, 0) is 4.79 Å². The van der Waals surface area contributed by atoms with Gasteiger partial charge >= 0.3 is 0 Å². The Morgan fingerprint density at radius 2 is 2.14 bits per heavy atom. The molecule has 0 aliphatic heterocycles. The van der Waals surface area contributed by atoms with Gasteiger partial charge in [0.25, 0.3) is 0 Å². The minimum Gasteiger partial charge on any atom is -0.489 e. The molecule has 112 valence electrons. The van der Waals surface area contributed by atoms with Crippen molar-refractivity contribution in [1.29, 1.82) is 0 Å². The summed E-state index contributed by atoms with van der Waals surface area (Å²) >= 11 is 0. The molecule has 0 unspecified atom stereocenters. The first kappa shape index (κ1) is 14.9. The lowest BCUT2D eigenvalue weighted by Gasteiger charge is -2.15. The molecule has 2 rings (SSSR count). The quantitative estimate of drug-likeness (QED) is 0.855.